The second kappa shape index (κ2) is 5.31. The molecule has 0 saturated carbocycles. The Morgan fingerprint density at radius 1 is 1.41 bits per heavy atom. The molecular formula is C12H19NO4. The quantitative estimate of drug-likeness (QED) is 0.558. The first-order chi connectivity index (χ1) is 7.78. The van der Waals surface area contributed by atoms with E-state index < -0.39 is 17.7 Å². The zero-order chi connectivity index (χ0) is 13.1. The van der Waals surface area contributed by atoms with Crippen molar-refractivity contribution in [3.63, 3.8) is 0 Å². The van der Waals surface area contributed by atoms with Gasteiger partial charge in [-0.25, -0.2) is 9.59 Å². The molecule has 1 aliphatic heterocycles. The highest BCUT2D eigenvalue weighted by atomic mass is 16.7. The zero-order valence-corrected chi connectivity index (χ0v) is 10.7. The number of carbonyl (C=O) groups excluding carboxylic acids is 2. The fraction of sp³-hybridized carbons (Fsp3) is 0.667. The van der Waals surface area contributed by atoms with Crippen molar-refractivity contribution in [2.24, 2.45) is 5.92 Å². The lowest BCUT2D eigenvalue weighted by Gasteiger charge is -2.20. The molecular weight excluding hydrogens is 222 g/mol. The molecule has 0 aromatic rings. The predicted molar refractivity (Wildman–Crippen MR) is 62.4 cm³/mol. The fourth-order valence-corrected chi connectivity index (χ4v) is 1.45. The van der Waals surface area contributed by atoms with Crippen LogP contribution in [0.15, 0.2) is 11.6 Å². The number of carbonyl (C=O) groups is 2. The number of hydrogen-bond acceptors (Lipinski definition) is 5. The maximum absolute atomic E-state index is 11.6. The highest BCUT2D eigenvalue weighted by Crippen LogP contribution is 2.12. The average molecular weight is 241 g/mol. The zero-order valence-electron chi connectivity index (χ0n) is 10.7. The second-order valence-electron chi connectivity index (χ2n) is 5.15. The van der Waals surface area contributed by atoms with Crippen LogP contribution in [-0.4, -0.2) is 30.8 Å². The van der Waals surface area contributed by atoms with Crippen molar-refractivity contribution in [2.75, 3.05) is 13.1 Å². The Labute approximate surface area is 101 Å². The molecule has 0 spiro atoms. The maximum atomic E-state index is 11.6. The molecule has 0 saturated heterocycles. The van der Waals surface area contributed by atoms with Crippen molar-refractivity contribution >= 4 is 12.1 Å². The third-order valence-electron chi connectivity index (χ3n) is 2.10. The molecule has 0 aliphatic carbocycles. The van der Waals surface area contributed by atoms with Gasteiger partial charge in [-0.2, -0.15) is 0 Å². The molecule has 0 fully saturated rings. The number of rotatable bonds is 1. The molecule has 17 heavy (non-hydrogen) atoms. The highest BCUT2D eigenvalue weighted by Gasteiger charge is 2.23. The summed E-state index contributed by atoms with van der Waals surface area (Å²) in [5.74, 6) is -0.386. The van der Waals surface area contributed by atoms with Gasteiger partial charge in [0.2, 0.25) is 0 Å². The summed E-state index contributed by atoms with van der Waals surface area (Å²) in [6.45, 7) is 8.36. The van der Waals surface area contributed by atoms with Gasteiger partial charge in [-0.1, -0.05) is 13.0 Å². The van der Waals surface area contributed by atoms with Crippen LogP contribution in [0.5, 0.6) is 0 Å². The monoisotopic (exact) mass is 241 g/mol. The first kappa shape index (κ1) is 13.7. The number of ether oxygens (including phenoxy) is 2. The summed E-state index contributed by atoms with van der Waals surface area (Å²) >= 11 is 0. The maximum Gasteiger partial charge on any atom is 0.516 e. The molecule has 1 N–H and O–H groups in total. The summed E-state index contributed by atoms with van der Waals surface area (Å²) in [5, 5.41) is 3.07. The topological polar surface area (TPSA) is 64.6 Å². The van der Waals surface area contributed by atoms with E-state index in [0.717, 1.165) is 6.54 Å². The van der Waals surface area contributed by atoms with Crippen LogP contribution >= 0.6 is 0 Å². The summed E-state index contributed by atoms with van der Waals surface area (Å²) in [6, 6.07) is 0. The molecule has 5 heteroatoms. The van der Waals surface area contributed by atoms with E-state index in [4.69, 9.17) is 4.74 Å². The third kappa shape index (κ3) is 4.99. The lowest BCUT2D eigenvalue weighted by atomic mass is 10.0. The summed E-state index contributed by atoms with van der Waals surface area (Å²) in [4.78, 5) is 22.9. The highest BCUT2D eigenvalue weighted by molar-refractivity contribution is 5.95. The van der Waals surface area contributed by atoms with Gasteiger partial charge in [0.05, 0.1) is 0 Å². The summed E-state index contributed by atoms with van der Waals surface area (Å²) < 4.78 is 9.50. The van der Waals surface area contributed by atoms with Crippen molar-refractivity contribution in [3.8, 4) is 0 Å². The number of nitrogens with one attached hydrogen (secondary N) is 1. The van der Waals surface area contributed by atoms with Crippen LogP contribution in [-0.2, 0) is 14.3 Å². The number of hydrogen-bond donors (Lipinski definition) is 1. The van der Waals surface area contributed by atoms with Crippen LogP contribution in [0.1, 0.15) is 27.7 Å². The van der Waals surface area contributed by atoms with Gasteiger partial charge in [-0.3, -0.25) is 0 Å². The molecule has 1 unspecified atom stereocenters. The lowest BCUT2D eigenvalue weighted by molar-refractivity contribution is -0.137. The van der Waals surface area contributed by atoms with E-state index in [1.54, 1.807) is 20.8 Å². The summed E-state index contributed by atoms with van der Waals surface area (Å²) in [7, 11) is 0. The van der Waals surface area contributed by atoms with Gasteiger partial charge in [0, 0.05) is 18.7 Å². The van der Waals surface area contributed by atoms with Crippen molar-refractivity contribution in [3.05, 3.63) is 11.6 Å². The molecule has 1 rings (SSSR count). The van der Waals surface area contributed by atoms with E-state index in [1.165, 1.54) is 0 Å². The molecule has 5 nitrogen and oxygen atoms in total. The molecule has 0 amide bonds. The molecule has 96 valence electrons. The van der Waals surface area contributed by atoms with E-state index in [1.807, 2.05) is 13.0 Å². The summed E-state index contributed by atoms with van der Waals surface area (Å²) in [5.41, 5.74) is -0.196. The standard InChI is InChI=1S/C12H19NO4/c1-8-5-9(7-13-6-8)10(14)16-11(15)17-12(2,3)4/h5,8,13H,6-7H2,1-4H3. The van der Waals surface area contributed by atoms with E-state index in [0.29, 0.717) is 12.1 Å². The van der Waals surface area contributed by atoms with Gasteiger partial charge < -0.3 is 14.8 Å². The first-order valence-electron chi connectivity index (χ1n) is 5.64. The normalized spacial score (nSPS) is 20.5. The minimum Gasteiger partial charge on any atom is -0.428 e. The largest absolute Gasteiger partial charge is 0.516 e. The van der Waals surface area contributed by atoms with Crippen LogP contribution in [0, 0.1) is 5.92 Å². The molecule has 0 aromatic carbocycles. The van der Waals surface area contributed by atoms with Gasteiger partial charge >= 0.3 is 12.1 Å². The Bertz CT molecular complexity index is 341. The predicted octanol–water partition coefficient (Wildman–Crippen LogP) is 1.63. The Morgan fingerprint density at radius 3 is 2.59 bits per heavy atom. The molecule has 1 aliphatic rings. The van der Waals surface area contributed by atoms with Crippen molar-refractivity contribution in [1.29, 1.82) is 0 Å². The van der Waals surface area contributed by atoms with E-state index in [-0.39, 0.29) is 5.92 Å². The van der Waals surface area contributed by atoms with Gasteiger partial charge in [0.15, 0.2) is 0 Å². The fourth-order valence-electron chi connectivity index (χ4n) is 1.45. The van der Waals surface area contributed by atoms with Crippen LogP contribution in [0.3, 0.4) is 0 Å². The minimum atomic E-state index is -0.957. The average Bonchev–Trinajstić information content (AvgIpc) is 2.14. The van der Waals surface area contributed by atoms with E-state index in [2.05, 4.69) is 10.1 Å². The second-order valence-corrected chi connectivity index (χ2v) is 5.15. The van der Waals surface area contributed by atoms with Crippen molar-refractivity contribution < 1.29 is 19.1 Å². The Hall–Kier alpha value is -1.36. The van der Waals surface area contributed by atoms with Gasteiger partial charge in [-0.05, 0) is 26.7 Å². The molecule has 0 bridgehead atoms. The van der Waals surface area contributed by atoms with Crippen LogP contribution < -0.4 is 5.32 Å². The van der Waals surface area contributed by atoms with Crippen LogP contribution in [0.4, 0.5) is 4.79 Å². The Balaban J connectivity index is 2.52. The minimum absolute atomic E-state index is 0.255. The molecule has 0 aromatic heterocycles. The lowest BCUT2D eigenvalue weighted by Crippen LogP contribution is -2.33. The SMILES string of the molecule is CC1C=C(C(=O)OC(=O)OC(C)(C)C)CNC1. The first-order valence-corrected chi connectivity index (χ1v) is 5.64. The Kier molecular flexibility index (Phi) is 4.28. The van der Waals surface area contributed by atoms with Crippen LogP contribution in [0.2, 0.25) is 0 Å². The van der Waals surface area contributed by atoms with Crippen molar-refractivity contribution in [2.45, 2.75) is 33.3 Å². The van der Waals surface area contributed by atoms with Crippen LogP contribution in [0.25, 0.3) is 0 Å². The van der Waals surface area contributed by atoms with Crippen molar-refractivity contribution in [1.82, 2.24) is 5.32 Å². The molecule has 0 radical (unpaired) electrons. The van der Waals surface area contributed by atoms with Gasteiger partial charge in [0.1, 0.15) is 5.60 Å². The Morgan fingerprint density at radius 2 is 2.06 bits per heavy atom. The number of esters is 1. The smallest absolute Gasteiger partial charge is 0.428 e. The van der Waals surface area contributed by atoms with E-state index >= 15 is 0 Å². The third-order valence-corrected chi connectivity index (χ3v) is 2.10. The molecule has 1 heterocycles. The van der Waals surface area contributed by atoms with E-state index in [9.17, 15) is 9.59 Å². The van der Waals surface area contributed by atoms with Gasteiger partial charge in [0.25, 0.3) is 0 Å². The summed E-state index contributed by atoms with van der Waals surface area (Å²) in [6.07, 6.45) is 0.852. The molecule has 1 atom stereocenters. The van der Waals surface area contributed by atoms with Gasteiger partial charge in [-0.15, -0.1) is 0 Å².